The van der Waals surface area contributed by atoms with Crippen molar-refractivity contribution in [1.29, 1.82) is 0 Å². The third kappa shape index (κ3) is 1.79. The molecule has 1 aromatic carbocycles. The molecule has 0 radical (unpaired) electrons. The molecular formula is C8H6NO5-. The lowest BCUT2D eigenvalue weighted by atomic mass is 10.2. The van der Waals surface area contributed by atoms with Gasteiger partial charge in [0, 0.05) is 12.1 Å². The minimum absolute atomic E-state index is 0.315. The number of esters is 1. The molecule has 0 aliphatic rings. The molecule has 0 amide bonds. The van der Waals surface area contributed by atoms with Crippen molar-refractivity contribution in [2.45, 2.75) is 0 Å². The molecule has 1 aromatic rings. The number of carbonyl (C=O) groups is 1. The van der Waals surface area contributed by atoms with Gasteiger partial charge in [0.15, 0.2) is 0 Å². The average molecular weight is 196 g/mol. The summed E-state index contributed by atoms with van der Waals surface area (Å²) in [6.45, 7) is 0. The number of hydrogen-bond donors (Lipinski definition) is 0. The van der Waals surface area contributed by atoms with Crippen LogP contribution in [0, 0.1) is 10.1 Å². The Balaban J connectivity index is 3.21. The fourth-order valence-electron chi connectivity index (χ4n) is 0.901. The molecule has 0 saturated carbocycles. The van der Waals surface area contributed by atoms with Gasteiger partial charge in [0.05, 0.1) is 17.6 Å². The number of benzene rings is 1. The number of carbonyl (C=O) groups excluding carboxylic acids is 1. The highest BCUT2D eigenvalue weighted by atomic mass is 16.6. The largest absolute Gasteiger partial charge is 0.872 e. The Labute approximate surface area is 78.9 Å². The molecule has 14 heavy (non-hydrogen) atoms. The molecular weight excluding hydrogens is 190 g/mol. The maximum Gasteiger partial charge on any atom is 0.337 e. The van der Waals surface area contributed by atoms with Gasteiger partial charge in [-0.25, -0.2) is 4.79 Å². The number of nitro groups is 1. The van der Waals surface area contributed by atoms with E-state index in [1.54, 1.807) is 0 Å². The van der Waals surface area contributed by atoms with E-state index in [0.29, 0.717) is 0 Å². The first-order valence-corrected chi connectivity index (χ1v) is 3.60. The Morgan fingerprint density at radius 2 is 2.14 bits per heavy atom. The van der Waals surface area contributed by atoms with Crippen molar-refractivity contribution in [3.8, 4) is 5.75 Å². The normalized spacial score (nSPS) is 9.50. The number of ether oxygens (including phenoxy) is 1. The number of nitro benzene ring substituents is 1. The summed E-state index contributed by atoms with van der Waals surface area (Å²) in [7, 11) is 1.10. The van der Waals surface area contributed by atoms with Crippen molar-refractivity contribution in [3.05, 3.63) is 33.9 Å². The fourth-order valence-corrected chi connectivity index (χ4v) is 0.901. The van der Waals surface area contributed by atoms with Gasteiger partial charge in [0.2, 0.25) is 0 Å². The number of methoxy groups -OCH3 is 1. The predicted octanol–water partition coefficient (Wildman–Crippen LogP) is 0.455. The van der Waals surface area contributed by atoms with Gasteiger partial charge in [0.25, 0.3) is 5.69 Å². The van der Waals surface area contributed by atoms with E-state index in [1.807, 2.05) is 0 Å². The van der Waals surface area contributed by atoms with Crippen LogP contribution in [0.3, 0.4) is 0 Å². The van der Waals surface area contributed by atoms with Crippen molar-refractivity contribution in [2.75, 3.05) is 7.11 Å². The second kappa shape index (κ2) is 3.73. The Morgan fingerprint density at radius 3 is 2.64 bits per heavy atom. The molecule has 6 heteroatoms. The number of nitrogens with zero attached hydrogens (tertiary/aromatic N) is 1. The second-order valence-corrected chi connectivity index (χ2v) is 2.43. The van der Waals surface area contributed by atoms with E-state index in [2.05, 4.69) is 4.74 Å². The van der Waals surface area contributed by atoms with Crippen LogP contribution in [0.1, 0.15) is 10.4 Å². The molecule has 0 aliphatic heterocycles. The minimum atomic E-state index is -0.876. The van der Waals surface area contributed by atoms with Crippen molar-refractivity contribution >= 4 is 11.7 Å². The maximum atomic E-state index is 11.1. The summed E-state index contributed by atoms with van der Waals surface area (Å²) in [5, 5.41) is 21.4. The molecule has 0 spiro atoms. The average Bonchev–Trinajstić information content (AvgIpc) is 2.17. The second-order valence-electron chi connectivity index (χ2n) is 2.43. The van der Waals surface area contributed by atoms with E-state index in [-0.39, 0.29) is 11.3 Å². The van der Waals surface area contributed by atoms with E-state index < -0.39 is 16.6 Å². The lowest BCUT2D eigenvalue weighted by Crippen LogP contribution is -2.07. The Kier molecular flexibility index (Phi) is 2.66. The van der Waals surface area contributed by atoms with Gasteiger partial charge in [-0.05, 0) is 0 Å². The van der Waals surface area contributed by atoms with Crippen molar-refractivity contribution in [2.24, 2.45) is 0 Å². The van der Waals surface area contributed by atoms with Crippen LogP contribution in [0.5, 0.6) is 5.75 Å². The number of non-ortho nitro benzene ring substituents is 1. The Morgan fingerprint density at radius 1 is 1.50 bits per heavy atom. The van der Waals surface area contributed by atoms with Crippen molar-refractivity contribution in [3.63, 3.8) is 0 Å². The molecule has 0 unspecified atom stereocenters. The summed E-state index contributed by atoms with van der Waals surface area (Å²) in [5.74, 6) is -1.47. The van der Waals surface area contributed by atoms with Crippen molar-refractivity contribution in [1.82, 2.24) is 0 Å². The SMILES string of the molecule is COC(=O)c1cc([N+](=O)[O-])ccc1[O-]. The van der Waals surface area contributed by atoms with Crippen LogP contribution >= 0.6 is 0 Å². The highest BCUT2D eigenvalue weighted by molar-refractivity contribution is 5.92. The number of rotatable bonds is 2. The van der Waals surface area contributed by atoms with Gasteiger partial charge in [-0.2, -0.15) is 0 Å². The van der Waals surface area contributed by atoms with Gasteiger partial charge >= 0.3 is 5.97 Å². The van der Waals surface area contributed by atoms with E-state index in [9.17, 15) is 20.0 Å². The Bertz CT molecular complexity index is 387. The van der Waals surface area contributed by atoms with Gasteiger partial charge in [0.1, 0.15) is 0 Å². The summed E-state index contributed by atoms with van der Waals surface area (Å²) in [4.78, 5) is 20.6. The first-order valence-electron chi connectivity index (χ1n) is 3.60. The van der Waals surface area contributed by atoms with Crippen LogP contribution in [0.15, 0.2) is 18.2 Å². The molecule has 0 fully saturated rings. The molecule has 74 valence electrons. The standard InChI is InChI=1S/C8H7NO5/c1-14-8(11)6-4-5(9(12)13)2-3-7(6)10/h2-4,10H,1H3/p-1. The summed E-state index contributed by atoms with van der Waals surface area (Å²) >= 11 is 0. The third-order valence-corrected chi connectivity index (χ3v) is 1.58. The van der Waals surface area contributed by atoms with Gasteiger partial charge in [-0.1, -0.05) is 11.8 Å². The fraction of sp³-hybridized carbons (Fsp3) is 0.125. The molecule has 1 rings (SSSR count). The van der Waals surface area contributed by atoms with Gasteiger partial charge in [-0.15, -0.1) is 0 Å². The van der Waals surface area contributed by atoms with Gasteiger partial charge in [-0.3, -0.25) is 10.1 Å². The van der Waals surface area contributed by atoms with Crippen LogP contribution in [0.25, 0.3) is 0 Å². The van der Waals surface area contributed by atoms with E-state index >= 15 is 0 Å². The first-order chi connectivity index (χ1) is 6.56. The maximum absolute atomic E-state index is 11.1. The molecule has 0 aromatic heterocycles. The first kappa shape index (κ1) is 9.97. The molecule has 0 heterocycles. The third-order valence-electron chi connectivity index (χ3n) is 1.58. The lowest BCUT2D eigenvalue weighted by Gasteiger charge is -2.09. The highest BCUT2D eigenvalue weighted by Gasteiger charge is 2.12. The summed E-state index contributed by atoms with van der Waals surface area (Å²) < 4.78 is 4.29. The molecule has 0 bridgehead atoms. The number of hydrogen-bond acceptors (Lipinski definition) is 5. The highest BCUT2D eigenvalue weighted by Crippen LogP contribution is 2.21. The predicted molar refractivity (Wildman–Crippen MR) is 43.9 cm³/mol. The van der Waals surface area contributed by atoms with Gasteiger partial charge < -0.3 is 9.84 Å². The summed E-state index contributed by atoms with van der Waals surface area (Å²) in [6.07, 6.45) is 0. The van der Waals surface area contributed by atoms with E-state index in [1.165, 1.54) is 0 Å². The summed E-state index contributed by atoms with van der Waals surface area (Å²) in [5.41, 5.74) is -0.647. The monoisotopic (exact) mass is 196 g/mol. The van der Waals surface area contributed by atoms with Crippen LogP contribution in [0.2, 0.25) is 0 Å². The zero-order chi connectivity index (χ0) is 10.7. The van der Waals surface area contributed by atoms with Crippen LogP contribution in [-0.4, -0.2) is 18.0 Å². The zero-order valence-electron chi connectivity index (χ0n) is 7.22. The molecule has 0 aliphatic carbocycles. The molecule has 6 nitrogen and oxygen atoms in total. The van der Waals surface area contributed by atoms with E-state index in [4.69, 9.17) is 0 Å². The topological polar surface area (TPSA) is 92.5 Å². The minimum Gasteiger partial charge on any atom is -0.872 e. The van der Waals surface area contributed by atoms with Crippen LogP contribution < -0.4 is 5.11 Å². The lowest BCUT2D eigenvalue weighted by molar-refractivity contribution is -0.385. The summed E-state index contributed by atoms with van der Waals surface area (Å²) in [6, 6.07) is 2.90. The molecule has 0 N–H and O–H groups in total. The van der Waals surface area contributed by atoms with Crippen molar-refractivity contribution < 1.29 is 19.6 Å². The van der Waals surface area contributed by atoms with Crippen LogP contribution in [0.4, 0.5) is 5.69 Å². The Hall–Kier alpha value is -2.11. The van der Waals surface area contributed by atoms with E-state index in [0.717, 1.165) is 25.3 Å². The molecule has 0 saturated heterocycles. The molecule has 0 atom stereocenters. The zero-order valence-corrected chi connectivity index (χ0v) is 7.22. The smallest absolute Gasteiger partial charge is 0.337 e. The van der Waals surface area contributed by atoms with Crippen LogP contribution in [-0.2, 0) is 4.74 Å². The quantitative estimate of drug-likeness (QED) is 0.389.